The molecule has 1 N–H and O–H groups in total. The van der Waals surface area contributed by atoms with E-state index < -0.39 is 0 Å². The van der Waals surface area contributed by atoms with Gasteiger partial charge in [-0.1, -0.05) is 24.3 Å². The Bertz CT molecular complexity index is 1060. The minimum atomic E-state index is -0.370. The van der Waals surface area contributed by atoms with E-state index in [0.29, 0.717) is 22.3 Å². The third-order valence-corrected chi connectivity index (χ3v) is 4.80. The number of benzene rings is 1. The van der Waals surface area contributed by atoms with Crippen LogP contribution in [0.4, 0.5) is 0 Å². The first-order valence-corrected chi connectivity index (χ1v) is 9.63. The van der Waals surface area contributed by atoms with Gasteiger partial charge in [0.2, 0.25) is 0 Å². The summed E-state index contributed by atoms with van der Waals surface area (Å²) in [7, 11) is 1.33. The second kappa shape index (κ2) is 8.43. The van der Waals surface area contributed by atoms with E-state index in [9.17, 15) is 9.59 Å². The van der Waals surface area contributed by atoms with E-state index in [0.717, 1.165) is 11.1 Å². The van der Waals surface area contributed by atoms with Crippen molar-refractivity contribution in [1.82, 2.24) is 20.1 Å². The summed E-state index contributed by atoms with van der Waals surface area (Å²) in [6.07, 6.45) is 1.77. The molecule has 3 rings (SSSR count). The highest BCUT2D eigenvalue weighted by molar-refractivity contribution is 6.06. The van der Waals surface area contributed by atoms with Crippen molar-refractivity contribution >= 4 is 22.9 Å². The molecule has 3 aromatic rings. The fourth-order valence-corrected chi connectivity index (χ4v) is 3.27. The predicted octanol–water partition coefficient (Wildman–Crippen LogP) is 3.67. The fraction of sp³-hybridized carbons (Fsp3) is 0.364. The van der Waals surface area contributed by atoms with Gasteiger partial charge in [-0.3, -0.25) is 9.59 Å². The summed E-state index contributed by atoms with van der Waals surface area (Å²) in [4.78, 5) is 29.4. The summed E-state index contributed by atoms with van der Waals surface area (Å²) in [6.45, 7) is 7.83. The average molecular weight is 394 g/mol. The second-order valence-corrected chi connectivity index (χ2v) is 7.44. The molecule has 0 aliphatic rings. The zero-order chi connectivity index (χ0) is 21.1. The number of fused-ring (bicyclic) bond motifs is 1. The number of carbonyl (C=O) groups excluding carboxylic acids is 2. The molecule has 0 radical (unpaired) electrons. The van der Waals surface area contributed by atoms with Gasteiger partial charge in [0.05, 0.1) is 36.4 Å². The molecule has 1 aromatic carbocycles. The van der Waals surface area contributed by atoms with Gasteiger partial charge in [-0.15, -0.1) is 0 Å². The van der Waals surface area contributed by atoms with Gasteiger partial charge in [-0.25, -0.2) is 9.67 Å². The molecule has 0 fully saturated rings. The first-order valence-electron chi connectivity index (χ1n) is 9.63. The average Bonchev–Trinajstić information content (AvgIpc) is 3.11. The largest absolute Gasteiger partial charge is 0.469 e. The maximum atomic E-state index is 13.1. The topological polar surface area (TPSA) is 86.1 Å². The highest BCUT2D eigenvalue weighted by atomic mass is 16.5. The minimum absolute atomic E-state index is 0.0984. The molecule has 0 saturated heterocycles. The van der Waals surface area contributed by atoms with Gasteiger partial charge in [0, 0.05) is 17.6 Å². The molecule has 152 valence electrons. The van der Waals surface area contributed by atoms with E-state index in [1.165, 1.54) is 7.11 Å². The van der Waals surface area contributed by atoms with Crippen LogP contribution in [0.15, 0.2) is 36.5 Å². The summed E-state index contributed by atoms with van der Waals surface area (Å²) in [5.74, 6) is -0.641. The number of esters is 1. The summed E-state index contributed by atoms with van der Waals surface area (Å²) in [5, 5.41) is 8.00. The van der Waals surface area contributed by atoms with Crippen LogP contribution in [0.2, 0.25) is 0 Å². The van der Waals surface area contributed by atoms with Gasteiger partial charge in [-0.05, 0) is 39.3 Å². The predicted molar refractivity (Wildman–Crippen MR) is 112 cm³/mol. The molecule has 0 saturated carbocycles. The van der Waals surface area contributed by atoms with Crippen LogP contribution in [0, 0.1) is 6.92 Å². The number of pyridine rings is 1. The maximum absolute atomic E-state index is 13.1. The number of aromatic nitrogens is 3. The van der Waals surface area contributed by atoms with Crippen LogP contribution in [0.25, 0.3) is 22.3 Å². The molecule has 1 amide bonds. The van der Waals surface area contributed by atoms with Gasteiger partial charge in [0.15, 0.2) is 5.65 Å². The molecule has 0 spiro atoms. The van der Waals surface area contributed by atoms with E-state index in [4.69, 9.17) is 4.98 Å². The molecular formula is C22H26N4O3. The van der Waals surface area contributed by atoms with E-state index in [1.807, 2.05) is 49.7 Å². The third kappa shape index (κ3) is 4.29. The Morgan fingerprint density at radius 3 is 2.59 bits per heavy atom. The van der Waals surface area contributed by atoms with Crippen molar-refractivity contribution in [2.75, 3.05) is 7.11 Å². The number of aryl methyl sites for hydroxylation is 1. The summed E-state index contributed by atoms with van der Waals surface area (Å²) in [5.41, 5.74) is 3.88. The molecule has 0 bridgehead atoms. The Kier molecular flexibility index (Phi) is 5.96. The number of rotatable bonds is 6. The number of carbonyl (C=O) groups is 2. The van der Waals surface area contributed by atoms with E-state index in [-0.39, 0.29) is 30.4 Å². The monoisotopic (exact) mass is 394 g/mol. The van der Waals surface area contributed by atoms with Crippen molar-refractivity contribution in [2.45, 2.75) is 46.2 Å². The SMILES string of the molecule is COC(=O)CC(C)NC(=O)c1cc(-c2ccccc2C)nc2c1cnn2C(C)C. The van der Waals surface area contributed by atoms with Crippen LogP contribution in [0.1, 0.15) is 49.2 Å². The van der Waals surface area contributed by atoms with Crippen molar-refractivity contribution in [3.8, 4) is 11.3 Å². The van der Waals surface area contributed by atoms with Gasteiger partial charge in [-0.2, -0.15) is 5.10 Å². The molecule has 0 aliphatic heterocycles. The van der Waals surface area contributed by atoms with Crippen molar-refractivity contribution in [2.24, 2.45) is 0 Å². The first-order chi connectivity index (χ1) is 13.8. The second-order valence-electron chi connectivity index (χ2n) is 7.44. The number of nitrogens with zero attached hydrogens (tertiary/aromatic N) is 3. The van der Waals surface area contributed by atoms with Gasteiger partial charge < -0.3 is 10.1 Å². The van der Waals surface area contributed by atoms with Crippen LogP contribution < -0.4 is 5.32 Å². The number of hydrogen-bond donors (Lipinski definition) is 1. The Balaban J connectivity index is 2.09. The molecule has 29 heavy (non-hydrogen) atoms. The van der Waals surface area contributed by atoms with Crippen molar-refractivity contribution in [3.05, 3.63) is 47.7 Å². The Hall–Kier alpha value is -3.22. The molecule has 0 aliphatic carbocycles. The van der Waals surface area contributed by atoms with Gasteiger partial charge in [0.1, 0.15) is 0 Å². The molecule has 2 heterocycles. The van der Waals surface area contributed by atoms with Gasteiger partial charge in [0.25, 0.3) is 5.91 Å². The minimum Gasteiger partial charge on any atom is -0.469 e. The van der Waals surface area contributed by atoms with Crippen LogP contribution in [0.3, 0.4) is 0 Å². The quantitative estimate of drug-likeness (QED) is 0.645. The lowest BCUT2D eigenvalue weighted by Gasteiger charge is -2.15. The summed E-state index contributed by atoms with van der Waals surface area (Å²) in [6, 6.07) is 9.45. The number of nitrogens with one attached hydrogen (secondary N) is 1. The third-order valence-electron chi connectivity index (χ3n) is 4.80. The standard InChI is InChI=1S/C22H26N4O3/c1-13(2)26-21-18(12-23-26)17(22(28)24-15(4)10-20(27)29-5)11-19(25-21)16-9-7-6-8-14(16)3/h6-9,11-13,15H,10H2,1-5H3,(H,24,28). The van der Waals surface area contributed by atoms with Crippen molar-refractivity contribution in [1.29, 1.82) is 0 Å². The van der Waals surface area contributed by atoms with Gasteiger partial charge >= 0.3 is 5.97 Å². The zero-order valence-corrected chi connectivity index (χ0v) is 17.4. The number of methoxy groups -OCH3 is 1. The lowest BCUT2D eigenvalue weighted by Crippen LogP contribution is -2.34. The first kappa shape index (κ1) is 20.5. The fourth-order valence-electron chi connectivity index (χ4n) is 3.27. The van der Waals surface area contributed by atoms with E-state index in [1.54, 1.807) is 19.2 Å². The molecule has 7 nitrogen and oxygen atoms in total. The molecule has 2 aromatic heterocycles. The van der Waals surface area contributed by atoms with Crippen molar-refractivity contribution in [3.63, 3.8) is 0 Å². The maximum Gasteiger partial charge on any atom is 0.307 e. The van der Waals surface area contributed by atoms with E-state index in [2.05, 4.69) is 15.2 Å². The normalized spacial score (nSPS) is 12.2. The lowest BCUT2D eigenvalue weighted by atomic mass is 10.0. The Morgan fingerprint density at radius 2 is 1.93 bits per heavy atom. The smallest absolute Gasteiger partial charge is 0.307 e. The number of hydrogen-bond acceptors (Lipinski definition) is 5. The highest BCUT2D eigenvalue weighted by Gasteiger charge is 2.21. The Morgan fingerprint density at radius 1 is 1.21 bits per heavy atom. The number of amides is 1. The number of ether oxygens (including phenoxy) is 1. The van der Waals surface area contributed by atoms with Crippen molar-refractivity contribution < 1.29 is 14.3 Å². The van der Waals surface area contributed by atoms with Crippen LogP contribution in [0.5, 0.6) is 0 Å². The van der Waals surface area contributed by atoms with Crippen LogP contribution in [-0.4, -0.2) is 39.8 Å². The Labute approximate surface area is 170 Å². The zero-order valence-electron chi connectivity index (χ0n) is 17.4. The van der Waals surface area contributed by atoms with Crippen LogP contribution >= 0.6 is 0 Å². The molecular weight excluding hydrogens is 368 g/mol. The summed E-state index contributed by atoms with van der Waals surface area (Å²) < 4.78 is 6.50. The van der Waals surface area contributed by atoms with Crippen LogP contribution in [-0.2, 0) is 9.53 Å². The van der Waals surface area contributed by atoms with E-state index >= 15 is 0 Å². The molecule has 7 heteroatoms. The molecule has 1 atom stereocenters. The molecule has 1 unspecified atom stereocenters. The summed E-state index contributed by atoms with van der Waals surface area (Å²) >= 11 is 0. The highest BCUT2D eigenvalue weighted by Crippen LogP contribution is 2.28. The lowest BCUT2D eigenvalue weighted by molar-refractivity contribution is -0.141.